The van der Waals surface area contributed by atoms with E-state index in [1.54, 1.807) is 6.20 Å². The summed E-state index contributed by atoms with van der Waals surface area (Å²) in [5, 5.41) is 0. The standard InChI is InChI=1S/C11H15N3/c1-2-3-10(12)9-4-5-11-13-6-7-14(11)8-9/h4-8,10H,2-3,12H2,1H3/t10-/m0/s1. The maximum atomic E-state index is 6.03. The summed E-state index contributed by atoms with van der Waals surface area (Å²) in [5.74, 6) is 0. The van der Waals surface area contributed by atoms with E-state index < -0.39 is 0 Å². The van der Waals surface area contributed by atoms with Crippen LogP contribution in [-0.2, 0) is 0 Å². The van der Waals surface area contributed by atoms with Gasteiger partial charge in [-0.1, -0.05) is 19.4 Å². The second-order valence-electron chi connectivity index (χ2n) is 3.55. The van der Waals surface area contributed by atoms with E-state index in [-0.39, 0.29) is 6.04 Å². The lowest BCUT2D eigenvalue weighted by molar-refractivity contribution is 0.635. The van der Waals surface area contributed by atoms with Crippen LogP contribution >= 0.6 is 0 Å². The molecule has 0 bridgehead atoms. The van der Waals surface area contributed by atoms with Crippen molar-refractivity contribution in [1.29, 1.82) is 0 Å². The summed E-state index contributed by atoms with van der Waals surface area (Å²) in [4.78, 5) is 4.19. The van der Waals surface area contributed by atoms with Gasteiger partial charge in [0.15, 0.2) is 0 Å². The number of nitrogens with two attached hydrogens (primary N) is 1. The van der Waals surface area contributed by atoms with Gasteiger partial charge in [-0.2, -0.15) is 0 Å². The maximum Gasteiger partial charge on any atom is 0.136 e. The third-order valence-corrected chi connectivity index (χ3v) is 2.44. The number of aromatic nitrogens is 2. The molecule has 0 saturated heterocycles. The lowest BCUT2D eigenvalue weighted by atomic mass is 10.1. The topological polar surface area (TPSA) is 43.3 Å². The Bertz CT molecular complexity index is 419. The highest BCUT2D eigenvalue weighted by molar-refractivity contribution is 5.39. The van der Waals surface area contributed by atoms with E-state index in [0.29, 0.717) is 0 Å². The molecule has 2 N–H and O–H groups in total. The smallest absolute Gasteiger partial charge is 0.136 e. The van der Waals surface area contributed by atoms with Gasteiger partial charge in [-0.3, -0.25) is 0 Å². The molecule has 0 aromatic carbocycles. The fraction of sp³-hybridized carbons (Fsp3) is 0.364. The molecule has 0 radical (unpaired) electrons. The summed E-state index contributed by atoms with van der Waals surface area (Å²) in [7, 11) is 0. The molecule has 2 aromatic rings. The number of fused-ring (bicyclic) bond motifs is 1. The van der Waals surface area contributed by atoms with Crippen LogP contribution < -0.4 is 5.73 Å². The van der Waals surface area contributed by atoms with E-state index in [4.69, 9.17) is 5.73 Å². The molecule has 2 rings (SSSR count). The number of pyridine rings is 1. The minimum atomic E-state index is 0.145. The second-order valence-corrected chi connectivity index (χ2v) is 3.55. The van der Waals surface area contributed by atoms with Gasteiger partial charge in [-0.05, 0) is 18.1 Å². The fourth-order valence-electron chi connectivity index (χ4n) is 1.63. The predicted molar refractivity (Wildman–Crippen MR) is 57.0 cm³/mol. The first-order valence-electron chi connectivity index (χ1n) is 4.99. The van der Waals surface area contributed by atoms with Crippen LogP contribution in [0.25, 0.3) is 5.65 Å². The molecule has 3 nitrogen and oxygen atoms in total. The Morgan fingerprint density at radius 3 is 3.14 bits per heavy atom. The Balaban J connectivity index is 2.33. The van der Waals surface area contributed by atoms with E-state index >= 15 is 0 Å². The molecular weight excluding hydrogens is 174 g/mol. The number of hydrogen-bond acceptors (Lipinski definition) is 2. The molecule has 0 fully saturated rings. The molecular formula is C11H15N3. The van der Waals surface area contributed by atoms with Crippen LogP contribution in [0.15, 0.2) is 30.7 Å². The quantitative estimate of drug-likeness (QED) is 0.803. The first-order chi connectivity index (χ1) is 6.81. The van der Waals surface area contributed by atoms with Crippen LogP contribution in [0.3, 0.4) is 0 Å². The van der Waals surface area contributed by atoms with Crippen molar-refractivity contribution >= 4 is 5.65 Å². The number of imidazole rings is 1. The summed E-state index contributed by atoms with van der Waals surface area (Å²) in [6, 6.07) is 4.21. The van der Waals surface area contributed by atoms with Crippen molar-refractivity contribution in [1.82, 2.24) is 9.38 Å². The van der Waals surface area contributed by atoms with Crippen LogP contribution in [0.5, 0.6) is 0 Å². The van der Waals surface area contributed by atoms with Gasteiger partial charge in [0, 0.05) is 24.6 Å². The van der Waals surface area contributed by atoms with Gasteiger partial charge in [-0.15, -0.1) is 0 Å². The van der Waals surface area contributed by atoms with Gasteiger partial charge in [0.2, 0.25) is 0 Å². The molecule has 0 aliphatic rings. The van der Waals surface area contributed by atoms with Gasteiger partial charge in [0.05, 0.1) is 0 Å². The van der Waals surface area contributed by atoms with Crippen molar-refractivity contribution in [3.63, 3.8) is 0 Å². The lowest BCUT2D eigenvalue weighted by Crippen LogP contribution is -2.10. The summed E-state index contributed by atoms with van der Waals surface area (Å²) in [6.45, 7) is 2.15. The van der Waals surface area contributed by atoms with Crippen molar-refractivity contribution in [2.24, 2.45) is 5.73 Å². The van der Waals surface area contributed by atoms with Gasteiger partial charge in [0.25, 0.3) is 0 Å². The van der Waals surface area contributed by atoms with Crippen LogP contribution in [0.2, 0.25) is 0 Å². The van der Waals surface area contributed by atoms with E-state index in [1.807, 2.05) is 16.7 Å². The highest BCUT2D eigenvalue weighted by atomic mass is 15.0. The largest absolute Gasteiger partial charge is 0.324 e. The molecule has 2 heterocycles. The Morgan fingerprint density at radius 2 is 2.36 bits per heavy atom. The third-order valence-electron chi connectivity index (χ3n) is 2.44. The highest BCUT2D eigenvalue weighted by Crippen LogP contribution is 2.15. The van der Waals surface area contributed by atoms with Crippen molar-refractivity contribution < 1.29 is 0 Å². The normalized spacial score (nSPS) is 13.3. The summed E-state index contributed by atoms with van der Waals surface area (Å²) in [6.07, 6.45) is 7.94. The van der Waals surface area contributed by atoms with E-state index in [9.17, 15) is 0 Å². The van der Waals surface area contributed by atoms with E-state index in [0.717, 1.165) is 18.5 Å². The zero-order chi connectivity index (χ0) is 9.97. The first-order valence-corrected chi connectivity index (χ1v) is 4.99. The summed E-state index contributed by atoms with van der Waals surface area (Å²) < 4.78 is 2.00. The minimum absolute atomic E-state index is 0.145. The van der Waals surface area contributed by atoms with Crippen LogP contribution in [0.1, 0.15) is 31.4 Å². The zero-order valence-electron chi connectivity index (χ0n) is 8.35. The third kappa shape index (κ3) is 1.63. The Morgan fingerprint density at radius 1 is 1.50 bits per heavy atom. The van der Waals surface area contributed by atoms with Gasteiger partial charge in [0.1, 0.15) is 5.65 Å². The maximum absolute atomic E-state index is 6.03. The van der Waals surface area contributed by atoms with Crippen molar-refractivity contribution in [2.75, 3.05) is 0 Å². The first kappa shape index (κ1) is 9.21. The van der Waals surface area contributed by atoms with Crippen LogP contribution in [0, 0.1) is 0 Å². The van der Waals surface area contributed by atoms with Crippen LogP contribution in [0.4, 0.5) is 0 Å². The molecule has 0 unspecified atom stereocenters. The molecule has 14 heavy (non-hydrogen) atoms. The molecule has 1 atom stereocenters. The molecule has 0 saturated carbocycles. The molecule has 2 aromatic heterocycles. The number of rotatable bonds is 3. The summed E-state index contributed by atoms with van der Waals surface area (Å²) in [5.41, 5.74) is 8.18. The monoisotopic (exact) mass is 189 g/mol. The molecule has 74 valence electrons. The van der Waals surface area contributed by atoms with Gasteiger partial charge < -0.3 is 10.1 Å². The van der Waals surface area contributed by atoms with E-state index in [1.165, 1.54) is 5.56 Å². The SMILES string of the molecule is CCC[C@H](N)c1ccc2nccn2c1. The van der Waals surface area contributed by atoms with Crippen LogP contribution in [-0.4, -0.2) is 9.38 Å². The zero-order valence-corrected chi connectivity index (χ0v) is 8.35. The Hall–Kier alpha value is -1.35. The molecule has 0 spiro atoms. The van der Waals surface area contributed by atoms with Gasteiger partial charge in [-0.25, -0.2) is 4.98 Å². The fourth-order valence-corrected chi connectivity index (χ4v) is 1.63. The Labute approximate surface area is 83.6 Å². The number of nitrogens with zero attached hydrogens (tertiary/aromatic N) is 2. The van der Waals surface area contributed by atoms with Gasteiger partial charge >= 0.3 is 0 Å². The minimum Gasteiger partial charge on any atom is -0.324 e. The molecule has 0 amide bonds. The molecule has 0 aliphatic heterocycles. The highest BCUT2D eigenvalue weighted by Gasteiger charge is 2.05. The van der Waals surface area contributed by atoms with E-state index in [2.05, 4.69) is 24.2 Å². The number of hydrogen-bond donors (Lipinski definition) is 1. The molecule has 0 aliphatic carbocycles. The average molecular weight is 189 g/mol. The molecule has 3 heteroatoms. The lowest BCUT2D eigenvalue weighted by Gasteiger charge is -2.10. The van der Waals surface area contributed by atoms with Crippen molar-refractivity contribution in [2.45, 2.75) is 25.8 Å². The average Bonchev–Trinajstić information content (AvgIpc) is 2.64. The Kier molecular flexibility index (Phi) is 2.50. The van der Waals surface area contributed by atoms with Crippen molar-refractivity contribution in [3.8, 4) is 0 Å². The second kappa shape index (κ2) is 3.80. The van der Waals surface area contributed by atoms with Crippen molar-refractivity contribution in [3.05, 3.63) is 36.3 Å². The summed E-state index contributed by atoms with van der Waals surface area (Å²) >= 11 is 0. The predicted octanol–water partition coefficient (Wildman–Crippen LogP) is 2.13.